The second-order valence-electron chi connectivity index (χ2n) is 5.42. The van der Waals surface area contributed by atoms with Crippen molar-refractivity contribution in [2.45, 2.75) is 39.2 Å². The van der Waals surface area contributed by atoms with Crippen molar-refractivity contribution in [1.29, 1.82) is 0 Å². The van der Waals surface area contributed by atoms with Crippen LogP contribution in [0.5, 0.6) is 5.75 Å². The third-order valence-corrected chi connectivity index (χ3v) is 4.00. The minimum absolute atomic E-state index is 0.161. The molecule has 1 aliphatic heterocycles. The van der Waals surface area contributed by atoms with Gasteiger partial charge in [0.15, 0.2) is 0 Å². The highest BCUT2D eigenvalue weighted by atomic mass is 35.5. The molecule has 1 heterocycles. The van der Waals surface area contributed by atoms with Gasteiger partial charge in [0.25, 0.3) is 0 Å². The second-order valence-corrected chi connectivity index (χ2v) is 5.83. The maximum atomic E-state index is 11.3. The summed E-state index contributed by atoms with van der Waals surface area (Å²) in [5.41, 5.74) is 1.00. The molecule has 1 N–H and O–H groups in total. The molecule has 0 radical (unpaired) electrons. The number of anilines is 1. The predicted octanol–water partition coefficient (Wildman–Crippen LogP) is 3.55. The summed E-state index contributed by atoms with van der Waals surface area (Å²) in [5.74, 6) is 0.893. The number of carbonyl (C=O) groups excluding carboxylic acids is 1. The molecule has 4 nitrogen and oxygen atoms in total. The van der Waals surface area contributed by atoms with E-state index in [0.717, 1.165) is 43.8 Å². The molecule has 0 saturated carbocycles. The van der Waals surface area contributed by atoms with Gasteiger partial charge in [0, 0.05) is 31.7 Å². The number of hydrogen-bond acceptors (Lipinski definition) is 3. The molecule has 1 fully saturated rings. The number of halogens is 1. The Morgan fingerprint density at radius 1 is 1.43 bits per heavy atom. The van der Waals surface area contributed by atoms with Gasteiger partial charge in [-0.25, -0.2) is 0 Å². The Bertz CT molecular complexity index is 485. The molecule has 0 aliphatic carbocycles. The van der Waals surface area contributed by atoms with E-state index in [2.05, 4.69) is 12.2 Å². The van der Waals surface area contributed by atoms with Crippen LogP contribution in [0, 0.1) is 0 Å². The highest BCUT2D eigenvalue weighted by Crippen LogP contribution is 2.28. The molecule has 5 heteroatoms. The maximum Gasteiger partial charge on any atom is 0.219 e. The zero-order chi connectivity index (χ0) is 15.2. The zero-order valence-electron chi connectivity index (χ0n) is 12.7. The SMILES string of the molecule is CCCOc1ccc(NC2CCN(C(C)=O)CC2)cc1Cl. The van der Waals surface area contributed by atoms with Gasteiger partial charge in [0.2, 0.25) is 5.91 Å². The number of rotatable bonds is 5. The lowest BCUT2D eigenvalue weighted by molar-refractivity contribution is -0.129. The number of amides is 1. The standard InChI is InChI=1S/C16H23ClN2O2/c1-3-10-21-16-5-4-14(11-15(16)17)18-13-6-8-19(9-7-13)12(2)20/h4-5,11,13,18H,3,6-10H2,1-2H3. The minimum atomic E-state index is 0.161. The zero-order valence-corrected chi connectivity index (χ0v) is 13.4. The van der Waals surface area contributed by atoms with E-state index in [1.54, 1.807) is 6.92 Å². The number of benzene rings is 1. The van der Waals surface area contributed by atoms with E-state index in [1.807, 2.05) is 23.1 Å². The summed E-state index contributed by atoms with van der Waals surface area (Å²) in [5, 5.41) is 4.12. The van der Waals surface area contributed by atoms with E-state index in [0.29, 0.717) is 17.7 Å². The topological polar surface area (TPSA) is 41.6 Å². The molecule has 1 aromatic rings. The summed E-state index contributed by atoms with van der Waals surface area (Å²) in [4.78, 5) is 13.2. The second kappa shape index (κ2) is 7.55. The summed E-state index contributed by atoms with van der Waals surface area (Å²) >= 11 is 6.23. The Balaban J connectivity index is 1.89. The van der Waals surface area contributed by atoms with Crippen LogP contribution in [0.2, 0.25) is 5.02 Å². The van der Waals surface area contributed by atoms with Gasteiger partial charge in [-0.3, -0.25) is 4.79 Å². The average Bonchev–Trinajstić information content (AvgIpc) is 2.47. The highest BCUT2D eigenvalue weighted by molar-refractivity contribution is 6.32. The number of piperidine rings is 1. The molecule has 0 aromatic heterocycles. The fraction of sp³-hybridized carbons (Fsp3) is 0.562. The Hall–Kier alpha value is -1.42. The third kappa shape index (κ3) is 4.53. The van der Waals surface area contributed by atoms with Crippen LogP contribution >= 0.6 is 11.6 Å². The van der Waals surface area contributed by atoms with Crippen LogP contribution in [0.1, 0.15) is 33.1 Å². The van der Waals surface area contributed by atoms with Crippen molar-refractivity contribution in [2.75, 3.05) is 25.0 Å². The molecule has 0 spiro atoms. The van der Waals surface area contributed by atoms with Crippen LogP contribution in [-0.4, -0.2) is 36.5 Å². The summed E-state index contributed by atoms with van der Waals surface area (Å²) in [6.07, 6.45) is 2.89. The molecule has 1 amide bonds. The Kier molecular flexibility index (Phi) is 5.74. The van der Waals surface area contributed by atoms with Gasteiger partial charge in [-0.15, -0.1) is 0 Å². The van der Waals surface area contributed by atoms with Crippen molar-refractivity contribution in [3.63, 3.8) is 0 Å². The minimum Gasteiger partial charge on any atom is -0.492 e. The molecule has 0 atom stereocenters. The molecular weight excluding hydrogens is 288 g/mol. The van der Waals surface area contributed by atoms with Crippen molar-refractivity contribution in [1.82, 2.24) is 4.90 Å². The monoisotopic (exact) mass is 310 g/mol. The van der Waals surface area contributed by atoms with Gasteiger partial charge in [0.1, 0.15) is 5.75 Å². The van der Waals surface area contributed by atoms with Gasteiger partial charge in [-0.2, -0.15) is 0 Å². The molecule has 0 bridgehead atoms. The first-order valence-corrected chi connectivity index (χ1v) is 7.92. The number of nitrogens with zero attached hydrogens (tertiary/aromatic N) is 1. The van der Waals surface area contributed by atoms with E-state index >= 15 is 0 Å². The van der Waals surface area contributed by atoms with Gasteiger partial charge in [-0.05, 0) is 37.5 Å². The smallest absolute Gasteiger partial charge is 0.219 e. The molecular formula is C16H23ClN2O2. The van der Waals surface area contributed by atoms with E-state index in [1.165, 1.54) is 0 Å². The van der Waals surface area contributed by atoms with Crippen LogP contribution < -0.4 is 10.1 Å². The van der Waals surface area contributed by atoms with Crippen molar-refractivity contribution >= 4 is 23.2 Å². The van der Waals surface area contributed by atoms with Gasteiger partial charge < -0.3 is 15.0 Å². The van der Waals surface area contributed by atoms with E-state index in [9.17, 15) is 4.79 Å². The van der Waals surface area contributed by atoms with Crippen LogP contribution in [0.3, 0.4) is 0 Å². The van der Waals surface area contributed by atoms with Gasteiger partial charge in [-0.1, -0.05) is 18.5 Å². The highest BCUT2D eigenvalue weighted by Gasteiger charge is 2.20. The van der Waals surface area contributed by atoms with Gasteiger partial charge >= 0.3 is 0 Å². The molecule has 2 rings (SSSR count). The fourth-order valence-electron chi connectivity index (χ4n) is 2.49. The number of ether oxygens (including phenoxy) is 1. The molecule has 21 heavy (non-hydrogen) atoms. The summed E-state index contributed by atoms with van der Waals surface area (Å²) in [6, 6.07) is 6.20. The van der Waals surface area contributed by atoms with Crippen molar-refractivity contribution in [3.8, 4) is 5.75 Å². The number of nitrogens with one attached hydrogen (secondary N) is 1. The number of carbonyl (C=O) groups is 1. The first-order chi connectivity index (χ1) is 10.1. The van der Waals surface area contributed by atoms with E-state index in [4.69, 9.17) is 16.3 Å². The van der Waals surface area contributed by atoms with E-state index in [-0.39, 0.29) is 5.91 Å². The summed E-state index contributed by atoms with van der Waals surface area (Å²) in [6.45, 7) is 6.01. The van der Waals surface area contributed by atoms with Crippen molar-refractivity contribution in [3.05, 3.63) is 23.2 Å². The van der Waals surface area contributed by atoms with Crippen LogP contribution in [0.25, 0.3) is 0 Å². The number of hydrogen-bond donors (Lipinski definition) is 1. The first-order valence-electron chi connectivity index (χ1n) is 7.54. The molecule has 0 unspecified atom stereocenters. The Morgan fingerprint density at radius 2 is 2.14 bits per heavy atom. The van der Waals surface area contributed by atoms with Gasteiger partial charge in [0.05, 0.1) is 11.6 Å². The molecule has 1 aromatic carbocycles. The Morgan fingerprint density at radius 3 is 2.71 bits per heavy atom. The maximum absolute atomic E-state index is 11.3. The van der Waals surface area contributed by atoms with E-state index < -0.39 is 0 Å². The predicted molar refractivity (Wildman–Crippen MR) is 86.1 cm³/mol. The Labute approximate surface area is 131 Å². The normalized spacial score (nSPS) is 15.9. The first kappa shape index (κ1) is 16.0. The van der Waals surface area contributed by atoms with Crippen molar-refractivity contribution < 1.29 is 9.53 Å². The lowest BCUT2D eigenvalue weighted by Gasteiger charge is -2.32. The lowest BCUT2D eigenvalue weighted by Crippen LogP contribution is -2.41. The molecule has 1 aliphatic rings. The quantitative estimate of drug-likeness (QED) is 0.904. The van der Waals surface area contributed by atoms with Crippen LogP contribution in [-0.2, 0) is 4.79 Å². The van der Waals surface area contributed by atoms with Crippen LogP contribution in [0.15, 0.2) is 18.2 Å². The number of likely N-dealkylation sites (tertiary alicyclic amines) is 1. The summed E-state index contributed by atoms with van der Waals surface area (Å²) in [7, 11) is 0. The lowest BCUT2D eigenvalue weighted by atomic mass is 10.0. The molecule has 1 saturated heterocycles. The average molecular weight is 311 g/mol. The third-order valence-electron chi connectivity index (χ3n) is 3.70. The molecule has 116 valence electrons. The van der Waals surface area contributed by atoms with Crippen molar-refractivity contribution in [2.24, 2.45) is 0 Å². The largest absolute Gasteiger partial charge is 0.492 e. The van der Waals surface area contributed by atoms with Crippen LogP contribution in [0.4, 0.5) is 5.69 Å². The summed E-state index contributed by atoms with van der Waals surface area (Å²) < 4.78 is 5.57. The fourth-order valence-corrected chi connectivity index (χ4v) is 2.73.